The third-order valence-corrected chi connectivity index (χ3v) is 17.3. The average Bonchev–Trinajstić information content (AvgIpc) is 3.47. The van der Waals surface area contributed by atoms with Crippen molar-refractivity contribution in [1.82, 2.24) is 0 Å². The maximum Gasteiger partial charge on any atom is 0.472 e. The SMILES string of the molecule is CCCCCCCCCCCCC(=O)O[C@H](COC(=O)CCCCCCCCC)COP(=O)(O)OC[C@H](O)COP(=O)(O)OC[C@@H](COC(=O)CCCCCCCCCCC(C)CC)OC(=O)CCCCCCCCCCCCC(C)CC. The summed E-state index contributed by atoms with van der Waals surface area (Å²) in [5.41, 5.74) is 0. The molecule has 0 fully saturated rings. The van der Waals surface area contributed by atoms with E-state index < -0.39 is 97.5 Å². The van der Waals surface area contributed by atoms with Crippen molar-refractivity contribution >= 4 is 39.5 Å². The summed E-state index contributed by atoms with van der Waals surface area (Å²) < 4.78 is 67.9. The van der Waals surface area contributed by atoms with Crippen LogP contribution in [0.1, 0.15) is 318 Å². The van der Waals surface area contributed by atoms with Gasteiger partial charge in [0.25, 0.3) is 0 Å². The molecule has 0 saturated heterocycles. The maximum absolute atomic E-state index is 13.0. The van der Waals surface area contributed by atoms with Crippen LogP contribution >= 0.6 is 15.6 Å². The molecule has 7 atom stereocenters. The van der Waals surface area contributed by atoms with Gasteiger partial charge in [-0.1, -0.05) is 266 Å². The molecule has 0 aliphatic carbocycles. The molecular weight excluding hydrogens is 1100 g/mol. The number of unbranched alkanes of at least 4 members (excludes halogenated alkanes) is 31. The Morgan fingerprint density at radius 2 is 0.578 bits per heavy atom. The number of aliphatic hydroxyl groups is 1. The number of ether oxygens (including phenoxy) is 4. The molecule has 492 valence electrons. The minimum Gasteiger partial charge on any atom is -0.462 e. The molecule has 0 aromatic rings. The molecule has 0 aliphatic rings. The molecule has 0 saturated carbocycles. The van der Waals surface area contributed by atoms with Crippen molar-refractivity contribution in [3.05, 3.63) is 0 Å². The summed E-state index contributed by atoms with van der Waals surface area (Å²) in [5.74, 6) is -0.557. The van der Waals surface area contributed by atoms with E-state index in [0.29, 0.717) is 25.7 Å². The number of phosphoric ester groups is 2. The fourth-order valence-corrected chi connectivity index (χ4v) is 11.0. The zero-order valence-corrected chi connectivity index (χ0v) is 55.3. The minimum atomic E-state index is -4.94. The first kappa shape index (κ1) is 81.1. The van der Waals surface area contributed by atoms with Gasteiger partial charge in [0.1, 0.15) is 19.3 Å². The largest absolute Gasteiger partial charge is 0.472 e. The van der Waals surface area contributed by atoms with Gasteiger partial charge in [0.15, 0.2) is 12.2 Å². The lowest BCUT2D eigenvalue weighted by molar-refractivity contribution is -0.161. The minimum absolute atomic E-state index is 0.106. The molecule has 0 radical (unpaired) electrons. The molecule has 0 aromatic carbocycles. The number of rotatable bonds is 63. The van der Waals surface area contributed by atoms with Crippen molar-refractivity contribution in [2.24, 2.45) is 11.8 Å². The fraction of sp³-hybridized carbons (Fsp3) is 0.938. The van der Waals surface area contributed by atoms with Crippen LogP contribution in [0.4, 0.5) is 0 Å². The quantitative estimate of drug-likeness (QED) is 0.0222. The smallest absolute Gasteiger partial charge is 0.462 e. The van der Waals surface area contributed by atoms with E-state index in [1.807, 2.05) is 0 Å². The van der Waals surface area contributed by atoms with Crippen molar-refractivity contribution in [3.63, 3.8) is 0 Å². The highest BCUT2D eigenvalue weighted by atomic mass is 31.2. The second-order valence-corrected chi connectivity index (χ2v) is 26.5. The summed E-state index contributed by atoms with van der Waals surface area (Å²) in [6, 6.07) is 0. The summed E-state index contributed by atoms with van der Waals surface area (Å²) in [6.07, 6.45) is 38.9. The molecule has 0 aromatic heterocycles. The standard InChI is InChI=1S/C64H124O17P2/c1-7-11-13-15-17-18-22-30-36-42-48-63(68)80-59(52-74-61(66)46-40-34-26-16-14-12-8-2)54-78-82(70,71)76-50-58(65)51-77-83(72,73)79-55-60(53-75-62(67)47-41-35-29-25-24-28-33-39-45-57(6)10-4)81-64(69)49-43-37-31-23-20-19-21-27-32-38-44-56(5)9-3/h56-60,65H,7-55H2,1-6H3,(H,70,71)(H,72,73)/t56?,57?,58-,59+,60+/m0/s1. The van der Waals surface area contributed by atoms with Crippen LogP contribution in [-0.4, -0.2) is 96.7 Å². The Bertz CT molecular complexity index is 1640. The summed E-state index contributed by atoms with van der Waals surface area (Å²) in [6.45, 7) is 9.48. The lowest BCUT2D eigenvalue weighted by Gasteiger charge is -2.21. The zero-order valence-electron chi connectivity index (χ0n) is 53.5. The highest BCUT2D eigenvalue weighted by Crippen LogP contribution is 2.45. The van der Waals surface area contributed by atoms with Crippen LogP contribution in [0.15, 0.2) is 0 Å². The van der Waals surface area contributed by atoms with Crippen LogP contribution in [0.2, 0.25) is 0 Å². The van der Waals surface area contributed by atoms with Gasteiger partial charge in [-0.05, 0) is 37.5 Å². The summed E-state index contributed by atoms with van der Waals surface area (Å²) in [7, 11) is -9.88. The van der Waals surface area contributed by atoms with Crippen molar-refractivity contribution in [3.8, 4) is 0 Å². The lowest BCUT2D eigenvalue weighted by Crippen LogP contribution is -2.30. The van der Waals surface area contributed by atoms with Crippen LogP contribution in [0.3, 0.4) is 0 Å². The van der Waals surface area contributed by atoms with Gasteiger partial charge >= 0.3 is 39.5 Å². The molecule has 0 rings (SSSR count). The molecule has 0 heterocycles. The lowest BCUT2D eigenvalue weighted by atomic mass is 9.99. The summed E-state index contributed by atoms with van der Waals surface area (Å²) >= 11 is 0. The Kier molecular flexibility index (Phi) is 55.2. The predicted octanol–water partition coefficient (Wildman–Crippen LogP) is 17.7. The monoisotopic (exact) mass is 1230 g/mol. The molecule has 83 heavy (non-hydrogen) atoms. The van der Waals surface area contributed by atoms with Crippen LogP contribution < -0.4 is 0 Å². The van der Waals surface area contributed by atoms with E-state index in [-0.39, 0.29) is 25.7 Å². The fourth-order valence-electron chi connectivity index (χ4n) is 9.47. The zero-order chi connectivity index (χ0) is 61.5. The normalized spacial score (nSPS) is 15.0. The Morgan fingerprint density at radius 1 is 0.337 bits per heavy atom. The van der Waals surface area contributed by atoms with Crippen LogP contribution in [0.5, 0.6) is 0 Å². The Morgan fingerprint density at radius 3 is 0.855 bits per heavy atom. The number of aliphatic hydroxyl groups excluding tert-OH is 1. The number of carbonyl (C=O) groups is 4. The number of hydrogen-bond donors (Lipinski definition) is 3. The molecule has 0 amide bonds. The molecule has 0 spiro atoms. The number of carbonyl (C=O) groups excluding carboxylic acids is 4. The second kappa shape index (κ2) is 56.6. The molecular formula is C64H124O17P2. The Balaban J connectivity index is 5.23. The maximum atomic E-state index is 13.0. The number of hydrogen-bond acceptors (Lipinski definition) is 15. The first-order valence-electron chi connectivity index (χ1n) is 33.6. The Hall–Kier alpha value is -1.94. The van der Waals surface area contributed by atoms with Gasteiger partial charge < -0.3 is 33.8 Å². The second-order valence-electron chi connectivity index (χ2n) is 23.6. The van der Waals surface area contributed by atoms with E-state index in [1.54, 1.807) is 0 Å². The molecule has 17 nitrogen and oxygen atoms in total. The van der Waals surface area contributed by atoms with E-state index in [1.165, 1.54) is 122 Å². The van der Waals surface area contributed by atoms with E-state index >= 15 is 0 Å². The van der Waals surface area contributed by atoms with Crippen LogP contribution in [0, 0.1) is 11.8 Å². The first-order valence-corrected chi connectivity index (χ1v) is 36.6. The van der Waals surface area contributed by atoms with Crippen LogP contribution in [0.25, 0.3) is 0 Å². The van der Waals surface area contributed by atoms with E-state index in [9.17, 15) is 43.2 Å². The Labute approximate surface area is 505 Å². The summed E-state index contributed by atoms with van der Waals surface area (Å²) in [4.78, 5) is 72.1. The molecule has 19 heteroatoms. The average molecular weight is 1230 g/mol. The van der Waals surface area contributed by atoms with Gasteiger partial charge in [0.2, 0.25) is 0 Å². The highest BCUT2D eigenvalue weighted by Gasteiger charge is 2.30. The van der Waals surface area contributed by atoms with Gasteiger partial charge in [-0.3, -0.25) is 37.3 Å². The summed E-state index contributed by atoms with van der Waals surface area (Å²) in [5, 5.41) is 10.5. The first-order chi connectivity index (χ1) is 39.9. The predicted molar refractivity (Wildman–Crippen MR) is 331 cm³/mol. The van der Waals surface area contributed by atoms with E-state index in [0.717, 1.165) is 115 Å². The van der Waals surface area contributed by atoms with Crippen molar-refractivity contribution in [2.75, 3.05) is 39.6 Å². The van der Waals surface area contributed by atoms with Gasteiger partial charge in [0, 0.05) is 25.7 Å². The number of esters is 4. The van der Waals surface area contributed by atoms with Gasteiger partial charge in [-0.2, -0.15) is 0 Å². The number of phosphoric acid groups is 2. The molecule has 3 N–H and O–H groups in total. The van der Waals surface area contributed by atoms with Crippen LogP contribution in [-0.2, 0) is 65.4 Å². The van der Waals surface area contributed by atoms with E-state index in [4.69, 9.17) is 37.0 Å². The van der Waals surface area contributed by atoms with Gasteiger partial charge in [-0.25, -0.2) is 9.13 Å². The molecule has 0 aliphatic heterocycles. The molecule has 0 bridgehead atoms. The third-order valence-electron chi connectivity index (χ3n) is 15.4. The van der Waals surface area contributed by atoms with Crippen molar-refractivity contribution in [2.45, 2.75) is 336 Å². The van der Waals surface area contributed by atoms with Gasteiger partial charge in [-0.15, -0.1) is 0 Å². The van der Waals surface area contributed by atoms with E-state index in [2.05, 4.69) is 41.5 Å². The topological polar surface area (TPSA) is 237 Å². The van der Waals surface area contributed by atoms with Gasteiger partial charge in [0.05, 0.1) is 26.4 Å². The van der Waals surface area contributed by atoms with Crippen molar-refractivity contribution in [1.29, 1.82) is 0 Å². The molecule has 4 unspecified atom stereocenters. The van der Waals surface area contributed by atoms with Crippen molar-refractivity contribution < 1.29 is 80.2 Å². The highest BCUT2D eigenvalue weighted by molar-refractivity contribution is 7.47. The third kappa shape index (κ3) is 56.3.